The van der Waals surface area contributed by atoms with Gasteiger partial charge in [-0.3, -0.25) is 0 Å². The monoisotopic (exact) mass is 222 g/mol. The molecule has 0 aliphatic carbocycles. The number of benzene rings is 1. The molecular formula is C12H14O2S. The minimum absolute atomic E-state index is 0.324. The molecule has 0 bridgehead atoms. The second kappa shape index (κ2) is 4.94. The molecule has 0 radical (unpaired) electrons. The topological polar surface area (TPSA) is 34.1 Å². The zero-order valence-corrected chi connectivity index (χ0v) is 9.66. The Hall–Kier alpha value is -1.35. The molecule has 3 heteroatoms. The third-order valence-electron chi connectivity index (χ3n) is 2.04. The summed E-state index contributed by atoms with van der Waals surface area (Å²) in [6.07, 6.45) is 3.46. The Morgan fingerprint density at radius 1 is 1.20 bits per heavy atom. The summed E-state index contributed by atoms with van der Waals surface area (Å²) in [4.78, 5) is 0.324. The van der Waals surface area contributed by atoms with E-state index in [1.165, 1.54) is 5.41 Å². The molecule has 1 aromatic carbocycles. The number of rotatable bonds is 3. The molecule has 0 heterocycles. The molecule has 2 nitrogen and oxygen atoms in total. The van der Waals surface area contributed by atoms with Gasteiger partial charge in [0.25, 0.3) is 0 Å². The van der Waals surface area contributed by atoms with Crippen molar-refractivity contribution in [2.45, 2.75) is 18.7 Å². The first kappa shape index (κ1) is 11.7. The minimum atomic E-state index is -3.29. The van der Waals surface area contributed by atoms with Crippen molar-refractivity contribution < 1.29 is 8.42 Å². The van der Waals surface area contributed by atoms with Gasteiger partial charge in [0.1, 0.15) is 0 Å². The van der Waals surface area contributed by atoms with E-state index in [1.807, 2.05) is 19.9 Å². The molecule has 0 saturated carbocycles. The summed E-state index contributed by atoms with van der Waals surface area (Å²) in [5.41, 5.74) is 0.925. The normalized spacial score (nSPS) is 13.3. The van der Waals surface area contributed by atoms with Gasteiger partial charge in [-0.1, -0.05) is 29.8 Å². The average molecular weight is 222 g/mol. The molecule has 0 spiro atoms. The van der Waals surface area contributed by atoms with Crippen LogP contribution < -0.4 is 0 Å². The van der Waals surface area contributed by atoms with E-state index in [2.05, 4.69) is 0 Å². The highest BCUT2D eigenvalue weighted by molar-refractivity contribution is 7.94. The zero-order chi connectivity index (χ0) is 11.3. The second-order valence-corrected chi connectivity index (χ2v) is 5.03. The summed E-state index contributed by atoms with van der Waals surface area (Å²) < 4.78 is 23.5. The van der Waals surface area contributed by atoms with E-state index in [-0.39, 0.29) is 0 Å². The molecule has 0 atom stereocenters. The van der Waals surface area contributed by atoms with Crippen molar-refractivity contribution in [2.24, 2.45) is 0 Å². The number of allylic oxidation sites excluding steroid dienone is 3. The van der Waals surface area contributed by atoms with Crippen LogP contribution in [-0.4, -0.2) is 8.42 Å². The second-order valence-electron chi connectivity index (χ2n) is 3.19. The number of hydrogen-bond donors (Lipinski definition) is 0. The lowest BCUT2D eigenvalue weighted by Crippen LogP contribution is -1.95. The molecule has 80 valence electrons. The van der Waals surface area contributed by atoms with Gasteiger partial charge >= 0.3 is 0 Å². The van der Waals surface area contributed by atoms with Crippen LogP contribution in [0.25, 0.3) is 0 Å². The van der Waals surface area contributed by atoms with Crippen molar-refractivity contribution in [1.82, 2.24) is 0 Å². The molecule has 0 aliphatic heterocycles. The molecule has 1 aromatic rings. The van der Waals surface area contributed by atoms with Crippen LogP contribution in [0.1, 0.15) is 13.8 Å². The van der Waals surface area contributed by atoms with Crippen molar-refractivity contribution in [3.05, 3.63) is 53.5 Å². The van der Waals surface area contributed by atoms with Gasteiger partial charge in [0, 0.05) is 5.41 Å². The predicted molar refractivity (Wildman–Crippen MR) is 62.2 cm³/mol. The van der Waals surface area contributed by atoms with E-state index >= 15 is 0 Å². The highest BCUT2D eigenvalue weighted by Crippen LogP contribution is 2.12. The van der Waals surface area contributed by atoms with Gasteiger partial charge in [0.15, 0.2) is 9.84 Å². The summed E-state index contributed by atoms with van der Waals surface area (Å²) in [6, 6.07) is 8.39. The fraction of sp³-hybridized carbons (Fsp3) is 0.167. The lowest BCUT2D eigenvalue weighted by Gasteiger charge is -1.97. The van der Waals surface area contributed by atoms with Crippen LogP contribution in [0.3, 0.4) is 0 Å². The van der Waals surface area contributed by atoms with Gasteiger partial charge < -0.3 is 0 Å². The van der Waals surface area contributed by atoms with Crippen LogP contribution in [0.4, 0.5) is 0 Å². The average Bonchev–Trinajstić information content (AvgIpc) is 2.27. The standard InChI is InChI=1S/C12H14O2S/c1-3-11(2)9-10-15(13,14)12-7-5-4-6-8-12/h3-10H,1-2H3/b10-9+,11-3+. The van der Waals surface area contributed by atoms with Gasteiger partial charge in [-0.15, -0.1) is 0 Å². The maximum atomic E-state index is 11.7. The van der Waals surface area contributed by atoms with Crippen LogP contribution in [0.2, 0.25) is 0 Å². The minimum Gasteiger partial charge on any atom is -0.219 e. The Kier molecular flexibility index (Phi) is 3.86. The van der Waals surface area contributed by atoms with E-state index in [0.29, 0.717) is 4.90 Å². The van der Waals surface area contributed by atoms with E-state index in [0.717, 1.165) is 5.57 Å². The highest BCUT2D eigenvalue weighted by atomic mass is 32.2. The van der Waals surface area contributed by atoms with Crippen LogP contribution in [0.15, 0.2) is 58.4 Å². The van der Waals surface area contributed by atoms with Crippen molar-refractivity contribution in [3.8, 4) is 0 Å². The fourth-order valence-corrected chi connectivity index (χ4v) is 2.07. The smallest absolute Gasteiger partial charge is 0.199 e. The van der Waals surface area contributed by atoms with Gasteiger partial charge in [-0.05, 0) is 32.1 Å². The number of hydrogen-bond acceptors (Lipinski definition) is 2. The van der Waals surface area contributed by atoms with Crippen LogP contribution in [0, 0.1) is 0 Å². The summed E-state index contributed by atoms with van der Waals surface area (Å²) in [7, 11) is -3.29. The summed E-state index contributed by atoms with van der Waals surface area (Å²) in [6.45, 7) is 3.73. The van der Waals surface area contributed by atoms with Crippen molar-refractivity contribution in [1.29, 1.82) is 0 Å². The molecule has 0 aromatic heterocycles. The first-order chi connectivity index (χ1) is 7.06. The quantitative estimate of drug-likeness (QED) is 0.737. The van der Waals surface area contributed by atoms with Crippen LogP contribution in [-0.2, 0) is 9.84 Å². The molecule has 0 fully saturated rings. The Labute approximate surface area is 90.9 Å². The first-order valence-electron chi connectivity index (χ1n) is 4.67. The van der Waals surface area contributed by atoms with Gasteiger partial charge in [-0.2, -0.15) is 0 Å². The predicted octanol–water partition coefficient (Wildman–Crippen LogP) is 2.94. The van der Waals surface area contributed by atoms with E-state index in [4.69, 9.17) is 0 Å². The molecule has 15 heavy (non-hydrogen) atoms. The van der Waals surface area contributed by atoms with Crippen molar-refractivity contribution >= 4 is 9.84 Å². The maximum absolute atomic E-state index is 11.7. The highest BCUT2D eigenvalue weighted by Gasteiger charge is 2.08. The van der Waals surface area contributed by atoms with Crippen LogP contribution in [0.5, 0.6) is 0 Å². The molecule has 1 rings (SSSR count). The summed E-state index contributed by atoms with van der Waals surface area (Å²) in [5, 5.41) is 1.23. The summed E-state index contributed by atoms with van der Waals surface area (Å²) in [5.74, 6) is 0. The lowest BCUT2D eigenvalue weighted by molar-refractivity contribution is 0.604. The van der Waals surface area contributed by atoms with E-state index in [1.54, 1.807) is 36.4 Å². The van der Waals surface area contributed by atoms with Crippen molar-refractivity contribution in [2.75, 3.05) is 0 Å². The summed E-state index contributed by atoms with van der Waals surface area (Å²) >= 11 is 0. The van der Waals surface area contributed by atoms with Gasteiger partial charge in [-0.25, -0.2) is 8.42 Å². The third kappa shape index (κ3) is 3.36. The molecule has 0 unspecified atom stereocenters. The molecule has 0 amide bonds. The number of sulfone groups is 1. The first-order valence-corrected chi connectivity index (χ1v) is 6.22. The third-order valence-corrected chi connectivity index (χ3v) is 3.46. The van der Waals surface area contributed by atoms with Crippen LogP contribution >= 0.6 is 0 Å². The molecule has 0 N–H and O–H groups in total. The lowest BCUT2D eigenvalue weighted by atomic mass is 10.3. The molecule has 0 saturated heterocycles. The molecule has 0 aliphatic rings. The van der Waals surface area contributed by atoms with E-state index < -0.39 is 9.84 Å². The fourth-order valence-electron chi connectivity index (χ4n) is 0.982. The van der Waals surface area contributed by atoms with E-state index in [9.17, 15) is 8.42 Å². The Bertz CT molecular complexity index is 468. The molecular weight excluding hydrogens is 208 g/mol. The maximum Gasteiger partial charge on any atom is 0.199 e. The van der Waals surface area contributed by atoms with Crippen molar-refractivity contribution in [3.63, 3.8) is 0 Å². The van der Waals surface area contributed by atoms with Gasteiger partial charge in [0.2, 0.25) is 0 Å². The Morgan fingerprint density at radius 2 is 1.80 bits per heavy atom. The zero-order valence-electron chi connectivity index (χ0n) is 8.84. The SMILES string of the molecule is C/C=C(C)/C=C/S(=O)(=O)c1ccccc1. The van der Waals surface area contributed by atoms with Gasteiger partial charge in [0.05, 0.1) is 4.90 Å². The Balaban J connectivity index is 3.01. The largest absolute Gasteiger partial charge is 0.219 e. The Morgan fingerprint density at radius 3 is 2.33 bits per heavy atom.